The fourth-order valence-electron chi connectivity index (χ4n) is 2.39. The molecular formula is C20H16NO2+. The van der Waals surface area contributed by atoms with Crippen LogP contribution in [0.3, 0.4) is 0 Å². The highest BCUT2D eigenvalue weighted by molar-refractivity contribution is 6.10. The number of Topliss-reactive ketones (excluding diaryl/α,β-unsaturated/α-hetero) is 1. The van der Waals surface area contributed by atoms with Crippen LogP contribution in [0.25, 0.3) is 0 Å². The van der Waals surface area contributed by atoms with E-state index in [1.807, 2.05) is 53.4 Å². The third-order valence-electron chi connectivity index (χ3n) is 3.59. The molecule has 0 spiro atoms. The number of carbonyl (C=O) groups is 2. The van der Waals surface area contributed by atoms with Crippen molar-refractivity contribution in [3.8, 4) is 0 Å². The molecule has 3 rings (SSSR count). The largest absolute Gasteiger partial charge is 0.289 e. The van der Waals surface area contributed by atoms with Crippen molar-refractivity contribution in [3.63, 3.8) is 0 Å². The Morgan fingerprint density at radius 1 is 0.696 bits per heavy atom. The maximum Gasteiger partial charge on any atom is 0.227 e. The molecule has 3 aromatic rings. The molecule has 0 atom stereocenters. The van der Waals surface area contributed by atoms with Gasteiger partial charge in [0.05, 0.1) is 0 Å². The molecule has 0 bridgehead atoms. The zero-order valence-corrected chi connectivity index (χ0v) is 12.6. The normalized spacial score (nSPS) is 10.3. The first-order valence-corrected chi connectivity index (χ1v) is 7.41. The Morgan fingerprint density at radius 3 is 2.04 bits per heavy atom. The van der Waals surface area contributed by atoms with Gasteiger partial charge < -0.3 is 0 Å². The lowest BCUT2D eigenvalue weighted by Crippen LogP contribution is -2.36. The van der Waals surface area contributed by atoms with Gasteiger partial charge in [-0.05, 0) is 6.07 Å². The van der Waals surface area contributed by atoms with Crippen LogP contribution in [0, 0.1) is 0 Å². The van der Waals surface area contributed by atoms with E-state index in [1.54, 1.807) is 36.4 Å². The molecule has 3 heteroatoms. The van der Waals surface area contributed by atoms with E-state index in [-0.39, 0.29) is 18.1 Å². The molecule has 0 N–H and O–H groups in total. The van der Waals surface area contributed by atoms with Crippen LogP contribution in [0.2, 0.25) is 0 Å². The molecule has 0 unspecified atom stereocenters. The number of aromatic nitrogens is 1. The van der Waals surface area contributed by atoms with Gasteiger partial charge in [0, 0.05) is 28.8 Å². The summed E-state index contributed by atoms with van der Waals surface area (Å²) in [6.45, 7) is 0.254. The van der Waals surface area contributed by atoms with Crippen LogP contribution in [0.1, 0.15) is 26.3 Å². The van der Waals surface area contributed by atoms with Crippen LogP contribution >= 0.6 is 0 Å². The average molecular weight is 302 g/mol. The fourth-order valence-corrected chi connectivity index (χ4v) is 2.39. The first-order chi connectivity index (χ1) is 11.2. The third-order valence-corrected chi connectivity index (χ3v) is 3.59. The second-order valence-corrected chi connectivity index (χ2v) is 5.25. The molecule has 0 fully saturated rings. The number of ketones is 2. The summed E-state index contributed by atoms with van der Waals surface area (Å²) in [7, 11) is 0. The zero-order chi connectivity index (χ0) is 16.1. The van der Waals surface area contributed by atoms with Crippen LogP contribution in [0.15, 0.2) is 85.2 Å². The number of pyridine rings is 1. The molecule has 0 saturated carbocycles. The molecule has 2 aromatic carbocycles. The van der Waals surface area contributed by atoms with Crippen LogP contribution in [0.5, 0.6) is 0 Å². The highest BCUT2D eigenvalue weighted by Crippen LogP contribution is 2.12. The van der Waals surface area contributed by atoms with Crippen molar-refractivity contribution < 1.29 is 14.2 Å². The standard InChI is InChI=1S/C20H16NO2/c22-19(15-21-12-5-2-6-13-21)17-10-7-11-18(14-17)20(23)16-8-3-1-4-9-16/h1-14H,15H2/q+1. The number of rotatable bonds is 5. The molecule has 0 aliphatic rings. The summed E-state index contributed by atoms with van der Waals surface area (Å²) < 4.78 is 1.81. The van der Waals surface area contributed by atoms with E-state index in [1.165, 1.54) is 0 Å². The van der Waals surface area contributed by atoms with Crippen LogP contribution in [-0.2, 0) is 6.54 Å². The lowest BCUT2D eigenvalue weighted by atomic mass is 10.00. The first kappa shape index (κ1) is 14.9. The number of carbonyl (C=O) groups excluding carboxylic acids is 2. The predicted octanol–water partition coefficient (Wildman–Crippen LogP) is 3.09. The molecule has 0 aliphatic carbocycles. The highest BCUT2D eigenvalue weighted by atomic mass is 16.1. The van der Waals surface area contributed by atoms with Gasteiger partial charge in [-0.3, -0.25) is 9.59 Å². The monoisotopic (exact) mass is 302 g/mol. The van der Waals surface area contributed by atoms with Crippen LogP contribution in [-0.4, -0.2) is 11.6 Å². The van der Waals surface area contributed by atoms with Crippen LogP contribution in [0.4, 0.5) is 0 Å². The molecule has 0 radical (unpaired) electrons. The van der Waals surface area contributed by atoms with Crippen molar-refractivity contribution in [2.75, 3.05) is 0 Å². The maximum absolute atomic E-state index is 12.5. The van der Waals surface area contributed by atoms with Gasteiger partial charge in [-0.15, -0.1) is 0 Å². The summed E-state index contributed by atoms with van der Waals surface area (Å²) in [6.07, 6.45) is 3.69. The Morgan fingerprint density at radius 2 is 1.30 bits per heavy atom. The van der Waals surface area contributed by atoms with E-state index >= 15 is 0 Å². The highest BCUT2D eigenvalue weighted by Gasteiger charge is 2.15. The zero-order valence-electron chi connectivity index (χ0n) is 12.6. The van der Waals surface area contributed by atoms with Crippen molar-refractivity contribution in [3.05, 3.63) is 102 Å². The van der Waals surface area contributed by atoms with Gasteiger partial charge in [0.1, 0.15) is 0 Å². The van der Waals surface area contributed by atoms with Gasteiger partial charge in [-0.25, -0.2) is 0 Å². The van der Waals surface area contributed by atoms with Crippen LogP contribution < -0.4 is 4.57 Å². The Bertz CT molecular complexity index is 827. The second-order valence-electron chi connectivity index (χ2n) is 5.25. The smallest absolute Gasteiger partial charge is 0.227 e. The topological polar surface area (TPSA) is 38.0 Å². The fraction of sp³-hybridized carbons (Fsp3) is 0.0500. The molecular weight excluding hydrogens is 286 g/mol. The predicted molar refractivity (Wildman–Crippen MR) is 87.3 cm³/mol. The summed E-state index contributed by atoms with van der Waals surface area (Å²) in [5.74, 6) is -0.100. The summed E-state index contributed by atoms with van der Waals surface area (Å²) in [5, 5.41) is 0. The molecule has 3 nitrogen and oxygen atoms in total. The molecule has 112 valence electrons. The van der Waals surface area contributed by atoms with Gasteiger partial charge in [-0.2, -0.15) is 4.57 Å². The minimum absolute atomic E-state index is 0.0242. The maximum atomic E-state index is 12.5. The number of hydrogen-bond acceptors (Lipinski definition) is 2. The van der Waals surface area contributed by atoms with E-state index in [2.05, 4.69) is 0 Å². The summed E-state index contributed by atoms with van der Waals surface area (Å²) in [6, 6.07) is 21.6. The van der Waals surface area contributed by atoms with Gasteiger partial charge in [-0.1, -0.05) is 54.6 Å². The van der Waals surface area contributed by atoms with E-state index < -0.39 is 0 Å². The average Bonchev–Trinajstić information content (AvgIpc) is 2.63. The van der Waals surface area contributed by atoms with Crippen molar-refractivity contribution in [1.82, 2.24) is 0 Å². The molecule has 23 heavy (non-hydrogen) atoms. The summed E-state index contributed by atoms with van der Waals surface area (Å²) in [5.41, 5.74) is 1.69. The summed E-state index contributed by atoms with van der Waals surface area (Å²) >= 11 is 0. The SMILES string of the molecule is O=C(C[n+]1ccccc1)c1cccc(C(=O)c2ccccc2)c1. The van der Waals surface area contributed by atoms with Gasteiger partial charge in [0.15, 0.2) is 18.2 Å². The van der Waals surface area contributed by atoms with Crippen molar-refractivity contribution in [1.29, 1.82) is 0 Å². The molecule has 0 amide bonds. The third kappa shape index (κ3) is 3.58. The molecule has 0 saturated heterocycles. The minimum atomic E-state index is -0.0763. The van der Waals surface area contributed by atoms with Gasteiger partial charge in [0.25, 0.3) is 0 Å². The van der Waals surface area contributed by atoms with Crippen molar-refractivity contribution >= 4 is 11.6 Å². The van der Waals surface area contributed by atoms with Crippen molar-refractivity contribution in [2.45, 2.75) is 6.54 Å². The Kier molecular flexibility index (Phi) is 4.39. The Balaban J connectivity index is 1.82. The quantitative estimate of drug-likeness (QED) is 0.536. The van der Waals surface area contributed by atoms with E-state index in [0.717, 1.165) is 0 Å². The second kappa shape index (κ2) is 6.79. The minimum Gasteiger partial charge on any atom is -0.289 e. The first-order valence-electron chi connectivity index (χ1n) is 7.41. The Hall–Kier alpha value is -3.07. The number of hydrogen-bond donors (Lipinski definition) is 0. The molecule has 1 aromatic heterocycles. The molecule has 1 heterocycles. The van der Waals surface area contributed by atoms with Gasteiger partial charge >= 0.3 is 0 Å². The van der Waals surface area contributed by atoms with E-state index in [9.17, 15) is 9.59 Å². The lowest BCUT2D eigenvalue weighted by Gasteiger charge is -2.03. The summed E-state index contributed by atoms with van der Waals surface area (Å²) in [4.78, 5) is 24.9. The van der Waals surface area contributed by atoms with Gasteiger partial charge in [0.2, 0.25) is 12.3 Å². The molecule has 0 aliphatic heterocycles. The van der Waals surface area contributed by atoms with E-state index in [4.69, 9.17) is 0 Å². The number of nitrogens with zero attached hydrogens (tertiary/aromatic N) is 1. The lowest BCUT2D eigenvalue weighted by molar-refractivity contribution is -0.683. The van der Waals surface area contributed by atoms with Crippen molar-refractivity contribution in [2.24, 2.45) is 0 Å². The van der Waals surface area contributed by atoms with E-state index in [0.29, 0.717) is 16.7 Å². The Labute approximate surface area is 134 Å². The number of benzene rings is 2.